The third-order valence-electron chi connectivity index (χ3n) is 5.84. The zero-order valence-corrected chi connectivity index (χ0v) is 15.9. The molecule has 1 spiro atoms. The fourth-order valence-corrected chi connectivity index (χ4v) is 8.36. The number of para-hydroxylation sites is 1. The van der Waals surface area contributed by atoms with Crippen molar-refractivity contribution in [3.05, 3.63) is 35.5 Å². The Balaban J connectivity index is 1.71. The van der Waals surface area contributed by atoms with Gasteiger partial charge in [0.1, 0.15) is 4.08 Å². The fraction of sp³-hybridized carbons (Fsp3) is 0.526. The monoisotopic (exact) mass is 374 g/mol. The molecule has 132 valence electrons. The number of methoxy groups -OCH3 is 1. The Morgan fingerprint density at radius 2 is 2.12 bits per heavy atom. The standard InChI is InChI=1S/C19H22N2O2S2/c1-23-7-6-21-15-10-12(11-16(21)22)19(24-8-9-25-19)18-17(15)13-4-2-3-5-14(13)20-18/h2-5,12,15,20H,6-11H2,1H3/t12-,15-/m0/s1. The molecule has 1 N–H and O–H groups in total. The molecule has 0 saturated carbocycles. The van der Waals surface area contributed by atoms with Crippen LogP contribution < -0.4 is 0 Å². The molecule has 0 unspecified atom stereocenters. The molecule has 2 aromatic rings. The van der Waals surface area contributed by atoms with Gasteiger partial charge in [-0.2, -0.15) is 0 Å². The third kappa shape index (κ3) is 2.23. The Hall–Kier alpha value is -1.11. The van der Waals surface area contributed by atoms with Crippen LogP contribution in [0, 0.1) is 5.92 Å². The zero-order valence-electron chi connectivity index (χ0n) is 14.3. The Bertz CT molecular complexity index is 828. The van der Waals surface area contributed by atoms with Crippen LogP contribution in [-0.4, -0.2) is 47.6 Å². The summed E-state index contributed by atoms with van der Waals surface area (Å²) in [6, 6.07) is 8.74. The molecule has 5 rings (SSSR count). The number of nitrogens with zero attached hydrogens (tertiary/aromatic N) is 1. The minimum absolute atomic E-state index is 0.0356. The van der Waals surface area contributed by atoms with Gasteiger partial charge in [0.05, 0.1) is 12.6 Å². The highest BCUT2D eigenvalue weighted by atomic mass is 32.2. The number of thioether (sulfide) groups is 2. The predicted octanol–water partition coefficient (Wildman–Crippen LogP) is 3.74. The summed E-state index contributed by atoms with van der Waals surface area (Å²) < 4.78 is 5.31. The number of amides is 1. The van der Waals surface area contributed by atoms with Gasteiger partial charge in [-0.05, 0) is 18.4 Å². The van der Waals surface area contributed by atoms with Gasteiger partial charge in [-0.1, -0.05) is 18.2 Å². The lowest BCUT2D eigenvalue weighted by Gasteiger charge is -2.50. The number of likely N-dealkylation sites (tertiary alicyclic amines) is 1. The number of carbonyl (C=O) groups excluding carboxylic acids is 1. The van der Waals surface area contributed by atoms with Crippen LogP contribution in [0.4, 0.5) is 0 Å². The molecule has 2 fully saturated rings. The topological polar surface area (TPSA) is 45.3 Å². The summed E-state index contributed by atoms with van der Waals surface area (Å²) >= 11 is 4.10. The number of hydrogen-bond donors (Lipinski definition) is 1. The molecule has 2 atom stereocenters. The van der Waals surface area contributed by atoms with E-state index in [0.717, 1.165) is 6.42 Å². The van der Waals surface area contributed by atoms with E-state index in [1.165, 1.54) is 33.7 Å². The number of aromatic amines is 1. The van der Waals surface area contributed by atoms with Crippen LogP contribution >= 0.6 is 23.5 Å². The molecule has 1 aliphatic carbocycles. The molecular formula is C19H22N2O2S2. The number of carbonyl (C=O) groups is 1. The maximum absolute atomic E-state index is 13.0. The van der Waals surface area contributed by atoms with Crippen molar-refractivity contribution >= 4 is 40.3 Å². The van der Waals surface area contributed by atoms with E-state index < -0.39 is 0 Å². The van der Waals surface area contributed by atoms with Gasteiger partial charge in [-0.25, -0.2) is 0 Å². The molecule has 2 saturated heterocycles. The van der Waals surface area contributed by atoms with Gasteiger partial charge >= 0.3 is 0 Å². The Labute approximate surface area is 156 Å². The molecule has 1 amide bonds. The van der Waals surface area contributed by atoms with Gasteiger partial charge in [0.25, 0.3) is 0 Å². The second-order valence-corrected chi connectivity index (χ2v) is 10.00. The summed E-state index contributed by atoms with van der Waals surface area (Å²) in [5.41, 5.74) is 3.93. The van der Waals surface area contributed by atoms with Crippen LogP contribution in [0.2, 0.25) is 0 Å². The van der Waals surface area contributed by atoms with E-state index in [9.17, 15) is 4.79 Å². The number of nitrogens with one attached hydrogen (secondary N) is 1. The van der Waals surface area contributed by atoms with Gasteiger partial charge in [-0.3, -0.25) is 4.79 Å². The first-order valence-electron chi connectivity index (χ1n) is 8.92. The van der Waals surface area contributed by atoms with Crippen molar-refractivity contribution in [3.8, 4) is 0 Å². The van der Waals surface area contributed by atoms with Crippen LogP contribution in [0.25, 0.3) is 10.9 Å². The summed E-state index contributed by atoms with van der Waals surface area (Å²) in [5, 5.41) is 1.28. The van der Waals surface area contributed by atoms with Crippen LogP contribution in [-0.2, 0) is 13.6 Å². The zero-order chi connectivity index (χ0) is 17.0. The summed E-state index contributed by atoms with van der Waals surface area (Å²) in [4.78, 5) is 18.8. The van der Waals surface area contributed by atoms with E-state index in [1.807, 2.05) is 23.5 Å². The molecule has 0 radical (unpaired) electrons. The Morgan fingerprint density at radius 3 is 2.92 bits per heavy atom. The van der Waals surface area contributed by atoms with Crippen molar-refractivity contribution in [2.75, 3.05) is 31.8 Å². The van der Waals surface area contributed by atoms with Crippen molar-refractivity contribution in [3.63, 3.8) is 0 Å². The highest BCUT2D eigenvalue weighted by Gasteiger charge is 2.56. The van der Waals surface area contributed by atoms with Gasteiger partial charge in [0.15, 0.2) is 0 Å². The summed E-state index contributed by atoms with van der Waals surface area (Å²) in [5.74, 6) is 3.05. The molecular weight excluding hydrogens is 352 g/mol. The van der Waals surface area contributed by atoms with E-state index >= 15 is 0 Å². The molecule has 3 heterocycles. The first-order valence-corrected chi connectivity index (χ1v) is 10.9. The minimum Gasteiger partial charge on any atom is -0.383 e. The number of fused-ring (bicyclic) bond motifs is 8. The van der Waals surface area contributed by atoms with E-state index in [2.05, 4.69) is 34.1 Å². The van der Waals surface area contributed by atoms with Gasteiger partial charge in [0.2, 0.25) is 5.91 Å². The normalized spacial score (nSPS) is 27.2. The molecule has 1 aromatic heterocycles. The van der Waals surface area contributed by atoms with E-state index in [4.69, 9.17) is 4.74 Å². The summed E-state index contributed by atoms with van der Waals surface area (Å²) in [6.07, 6.45) is 1.74. The predicted molar refractivity (Wildman–Crippen MR) is 104 cm³/mol. The number of aromatic nitrogens is 1. The SMILES string of the molecule is COCCN1C(=O)C[C@@H]2C[C@H]1c1c([nH]c3ccccc13)C21SCCS1. The number of piperidine rings is 1. The maximum Gasteiger partial charge on any atom is 0.223 e. The number of ether oxygens (including phenoxy) is 1. The van der Waals surface area contributed by atoms with Crippen molar-refractivity contribution < 1.29 is 9.53 Å². The average molecular weight is 375 g/mol. The Kier molecular flexibility index (Phi) is 3.84. The summed E-state index contributed by atoms with van der Waals surface area (Å²) in [6.45, 7) is 1.28. The summed E-state index contributed by atoms with van der Waals surface area (Å²) in [7, 11) is 1.70. The average Bonchev–Trinajstić information content (AvgIpc) is 3.25. The molecule has 4 nitrogen and oxygen atoms in total. The molecule has 3 aliphatic rings. The van der Waals surface area contributed by atoms with Crippen LogP contribution in [0.15, 0.2) is 24.3 Å². The number of hydrogen-bond acceptors (Lipinski definition) is 4. The smallest absolute Gasteiger partial charge is 0.223 e. The van der Waals surface area contributed by atoms with Crippen LogP contribution in [0.5, 0.6) is 0 Å². The largest absolute Gasteiger partial charge is 0.383 e. The molecule has 2 bridgehead atoms. The van der Waals surface area contributed by atoms with Crippen LogP contribution in [0.1, 0.15) is 30.1 Å². The van der Waals surface area contributed by atoms with E-state index in [0.29, 0.717) is 31.4 Å². The van der Waals surface area contributed by atoms with E-state index in [1.54, 1.807) is 7.11 Å². The molecule has 25 heavy (non-hydrogen) atoms. The van der Waals surface area contributed by atoms with E-state index in [-0.39, 0.29) is 10.1 Å². The molecule has 1 aromatic carbocycles. The Morgan fingerprint density at radius 1 is 1.32 bits per heavy atom. The molecule has 2 aliphatic heterocycles. The van der Waals surface area contributed by atoms with Crippen molar-refractivity contribution in [1.82, 2.24) is 9.88 Å². The van der Waals surface area contributed by atoms with Crippen molar-refractivity contribution in [2.45, 2.75) is 23.0 Å². The lowest BCUT2D eigenvalue weighted by molar-refractivity contribution is -0.140. The van der Waals surface area contributed by atoms with Crippen molar-refractivity contribution in [2.24, 2.45) is 5.92 Å². The van der Waals surface area contributed by atoms with Crippen LogP contribution in [0.3, 0.4) is 0 Å². The highest BCUT2D eigenvalue weighted by molar-refractivity contribution is 8.20. The quantitative estimate of drug-likeness (QED) is 0.889. The maximum atomic E-state index is 13.0. The number of H-pyrrole nitrogens is 1. The number of rotatable bonds is 3. The fourth-order valence-electron chi connectivity index (χ4n) is 4.81. The van der Waals surface area contributed by atoms with Gasteiger partial charge in [-0.15, -0.1) is 23.5 Å². The van der Waals surface area contributed by atoms with Crippen molar-refractivity contribution in [1.29, 1.82) is 0 Å². The first kappa shape index (κ1) is 16.1. The third-order valence-corrected chi connectivity index (χ3v) is 9.56. The number of benzene rings is 1. The minimum atomic E-state index is 0.0356. The second kappa shape index (κ2) is 5.96. The van der Waals surface area contributed by atoms with Gasteiger partial charge < -0.3 is 14.6 Å². The highest BCUT2D eigenvalue weighted by Crippen LogP contribution is 2.65. The molecule has 6 heteroatoms. The lowest BCUT2D eigenvalue weighted by Crippen LogP contribution is -2.50. The second-order valence-electron chi connectivity index (χ2n) is 7.06. The lowest BCUT2D eigenvalue weighted by atomic mass is 9.76. The first-order chi connectivity index (χ1) is 12.2. The van der Waals surface area contributed by atoms with Gasteiger partial charge in [0, 0.05) is 53.7 Å².